The molecule has 1 fully saturated rings. The van der Waals surface area contributed by atoms with Crippen molar-refractivity contribution in [3.63, 3.8) is 0 Å². The fraction of sp³-hybridized carbons (Fsp3) is 0.875. The lowest BCUT2D eigenvalue weighted by Crippen LogP contribution is -2.53. The molecule has 1 aliphatic rings. The number of carboxylic acids is 1. The van der Waals surface area contributed by atoms with Gasteiger partial charge in [0.15, 0.2) is 0 Å². The molecule has 3 atom stereocenters. The van der Waals surface area contributed by atoms with Gasteiger partial charge in [-0.3, -0.25) is 4.79 Å². The summed E-state index contributed by atoms with van der Waals surface area (Å²) < 4.78 is 0. The second kappa shape index (κ2) is 5.83. The fourth-order valence-electron chi connectivity index (χ4n) is 2.06. The molecule has 0 saturated heterocycles. The summed E-state index contributed by atoms with van der Waals surface area (Å²) in [5, 5.41) is 35.7. The van der Waals surface area contributed by atoms with Crippen LogP contribution in [0.25, 0.3) is 0 Å². The molecular weight excluding hydrogens is 236 g/mol. The van der Waals surface area contributed by atoms with Crippen molar-refractivity contribution < 1.29 is 25.1 Å². The van der Waals surface area contributed by atoms with Crippen LogP contribution in [0.3, 0.4) is 0 Å². The van der Waals surface area contributed by atoms with Gasteiger partial charge in [0.2, 0.25) is 0 Å². The maximum absolute atomic E-state index is 10.8. The number of halogens is 1. The van der Waals surface area contributed by atoms with Crippen molar-refractivity contribution >= 4 is 25.5 Å². The van der Waals surface area contributed by atoms with Gasteiger partial charge >= 0.3 is 13.1 Å². The van der Waals surface area contributed by atoms with Crippen LogP contribution < -0.4 is 5.73 Å². The number of carbonyl (C=O) groups is 1. The van der Waals surface area contributed by atoms with E-state index in [1.807, 2.05) is 0 Å². The molecule has 1 aliphatic carbocycles. The molecule has 0 aromatic rings. The number of rotatable bonds is 4. The SMILES string of the molecule is Cl.NC1(C(=O)O)CC(CCB(O)O)CC1O. The van der Waals surface area contributed by atoms with Gasteiger partial charge in [-0.1, -0.05) is 6.42 Å². The van der Waals surface area contributed by atoms with Crippen molar-refractivity contribution in [1.29, 1.82) is 0 Å². The summed E-state index contributed by atoms with van der Waals surface area (Å²) >= 11 is 0. The van der Waals surface area contributed by atoms with Gasteiger partial charge in [0.1, 0.15) is 5.54 Å². The maximum Gasteiger partial charge on any atom is 0.451 e. The van der Waals surface area contributed by atoms with Gasteiger partial charge in [-0.05, 0) is 25.1 Å². The summed E-state index contributed by atoms with van der Waals surface area (Å²) in [6, 6.07) is 0. The van der Waals surface area contributed by atoms with Gasteiger partial charge in [0, 0.05) is 0 Å². The van der Waals surface area contributed by atoms with E-state index in [0.717, 1.165) is 0 Å². The minimum Gasteiger partial charge on any atom is -0.480 e. The lowest BCUT2D eigenvalue weighted by Gasteiger charge is -2.22. The molecule has 0 spiro atoms. The second-order valence-electron chi connectivity index (χ2n) is 4.23. The topological polar surface area (TPSA) is 124 Å². The first kappa shape index (κ1) is 15.7. The van der Waals surface area contributed by atoms with Crippen LogP contribution in [0.15, 0.2) is 0 Å². The van der Waals surface area contributed by atoms with Crippen molar-refractivity contribution in [1.82, 2.24) is 0 Å². The van der Waals surface area contributed by atoms with E-state index in [0.29, 0.717) is 12.8 Å². The summed E-state index contributed by atoms with van der Waals surface area (Å²) in [5.74, 6) is -1.27. The first-order valence-electron chi connectivity index (χ1n) is 4.92. The van der Waals surface area contributed by atoms with Gasteiger partial charge in [-0.15, -0.1) is 12.4 Å². The quantitative estimate of drug-likeness (QED) is 0.402. The van der Waals surface area contributed by atoms with Crippen molar-refractivity contribution in [2.24, 2.45) is 11.7 Å². The largest absolute Gasteiger partial charge is 0.480 e. The molecule has 0 amide bonds. The summed E-state index contributed by atoms with van der Waals surface area (Å²) in [7, 11) is -1.39. The van der Waals surface area contributed by atoms with E-state index in [1.54, 1.807) is 0 Å². The van der Waals surface area contributed by atoms with Crippen molar-refractivity contribution in [2.45, 2.75) is 37.2 Å². The molecule has 1 rings (SSSR count). The minimum atomic E-state index is -1.58. The third-order valence-electron chi connectivity index (χ3n) is 3.01. The zero-order chi connectivity index (χ0) is 11.6. The lowest BCUT2D eigenvalue weighted by molar-refractivity contribution is -0.146. The zero-order valence-corrected chi connectivity index (χ0v) is 9.56. The van der Waals surface area contributed by atoms with Crippen LogP contribution in [0.5, 0.6) is 0 Å². The van der Waals surface area contributed by atoms with Crippen LogP contribution in [0.4, 0.5) is 0 Å². The van der Waals surface area contributed by atoms with Crippen LogP contribution in [0.2, 0.25) is 6.32 Å². The Balaban J connectivity index is 0.00000225. The number of nitrogens with two attached hydrogens (primary N) is 1. The Morgan fingerprint density at radius 3 is 2.44 bits per heavy atom. The van der Waals surface area contributed by atoms with Gasteiger partial charge < -0.3 is 26.0 Å². The first-order valence-corrected chi connectivity index (χ1v) is 4.92. The summed E-state index contributed by atoms with van der Waals surface area (Å²) in [6.07, 6.45) is 0.0515. The Hall–Kier alpha value is -0.335. The summed E-state index contributed by atoms with van der Waals surface area (Å²) in [4.78, 5) is 10.8. The number of aliphatic carboxylic acids is 1. The highest BCUT2D eigenvalue weighted by molar-refractivity contribution is 6.40. The molecule has 94 valence electrons. The molecular formula is C8H17BClNO5. The second-order valence-corrected chi connectivity index (χ2v) is 4.23. The van der Waals surface area contributed by atoms with Crippen LogP contribution in [-0.4, -0.2) is 45.0 Å². The molecule has 0 bridgehead atoms. The molecule has 0 aromatic heterocycles. The molecule has 8 heteroatoms. The smallest absolute Gasteiger partial charge is 0.451 e. The van der Waals surface area contributed by atoms with Gasteiger partial charge in [-0.2, -0.15) is 0 Å². The summed E-state index contributed by atoms with van der Waals surface area (Å²) in [6.45, 7) is 0. The Morgan fingerprint density at radius 1 is 1.50 bits per heavy atom. The monoisotopic (exact) mass is 253 g/mol. The zero-order valence-electron chi connectivity index (χ0n) is 8.74. The molecule has 0 radical (unpaired) electrons. The average Bonchev–Trinajstić information content (AvgIpc) is 2.41. The van der Waals surface area contributed by atoms with Gasteiger partial charge in [-0.25, -0.2) is 0 Å². The molecule has 1 saturated carbocycles. The highest BCUT2D eigenvalue weighted by atomic mass is 35.5. The number of aliphatic hydroxyl groups excluding tert-OH is 1. The Kier molecular flexibility index (Phi) is 5.71. The van der Waals surface area contributed by atoms with Crippen LogP contribution in [-0.2, 0) is 4.79 Å². The van der Waals surface area contributed by atoms with E-state index in [2.05, 4.69) is 0 Å². The maximum atomic E-state index is 10.8. The molecule has 0 aliphatic heterocycles. The number of hydrogen-bond donors (Lipinski definition) is 5. The Morgan fingerprint density at radius 2 is 2.06 bits per heavy atom. The third kappa shape index (κ3) is 3.33. The molecule has 0 aromatic carbocycles. The predicted molar refractivity (Wildman–Crippen MR) is 60.1 cm³/mol. The number of carboxylic acid groups (broad SMARTS) is 1. The molecule has 3 unspecified atom stereocenters. The highest BCUT2D eigenvalue weighted by Gasteiger charge is 2.49. The summed E-state index contributed by atoms with van der Waals surface area (Å²) in [5.41, 5.74) is 3.99. The molecule has 6 N–H and O–H groups in total. The average molecular weight is 253 g/mol. The van der Waals surface area contributed by atoms with Crippen LogP contribution in [0, 0.1) is 5.92 Å². The molecule has 0 heterocycles. The number of hydrogen-bond acceptors (Lipinski definition) is 5. The first-order chi connectivity index (χ1) is 6.86. The Bertz CT molecular complexity index is 255. The van der Waals surface area contributed by atoms with Crippen molar-refractivity contribution in [2.75, 3.05) is 0 Å². The fourth-order valence-corrected chi connectivity index (χ4v) is 2.06. The molecule has 6 nitrogen and oxygen atoms in total. The number of aliphatic hydroxyl groups is 1. The third-order valence-corrected chi connectivity index (χ3v) is 3.01. The van der Waals surface area contributed by atoms with Crippen LogP contribution >= 0.6 is 12.4 Å². The Labute approximate surface area is 100 Å². The standard InChI is InChI=1S/C8H16BNO5.ClH/c10-8(7(12)13)4-5(3-6(8)11)1-2-9(14)15;/h5-6,11,14-15H,1-4,10H2,(H,12,13);1H. The normalized spacial score (nSPS) is 33.2. The van der Waals surface area contributed by atoms with Crippen molar-refractivity contribution in [3.8, 4) is 0 Å². The lowest BCUT2D eigenvalue weighted by atomic mass is 9.80. The predicted octanol–water partition coefficient (Wildman–Crippen LogP) is -1.18. The van der Waals surface area contributed by atoms with E-state index >= 15 is 0 Å². The van der Waals surface area contributed by atoms with E-state index in [1.165, 1.54) is 0 Å². The van der Waals surface area contributed by atoms with Crippen LogP contribution in [0.1, 0.15) is 19.3 Å². The van der Waals surface area contributed by atoms with Gasteiger partial charge in [0.25, 0.3) is 0 Å². The van der Waals surface area contributed by atoms with E-state index in [-0.39, 0.29) is 31.1 Å². The molecule has 16 heavy (non-hydrogen) atoms. The van der Waals surface area contributed by atoms with E-state index in [9.17, 15) is 9.90 Å². The van der Waals surface area contributed by atoms with E-state index < -0.39 is 24.7 Å². The van der Waals surface area contributed by atoms with Crippen molar-refractivity contribution in [3.05, 3.63) is 0 Å². The van der Waals surface area contributed by atoms with Gasteiger partial charge in [0.05, 0.1) is 6.10 Å². The minimum absolute atomic E-state index is 0. The highest BCUT2D eigenvalue weighted by Crippen LogP contribution is 2.36. The van der Waals surface area contributed by atoms with E-state index in [4.69, 9.17) is 20.9 Å².